The van der Waals surface area contributed by atoms with Crippen LogP contribution in [0.1, 0.15) is 16.7 Å². The minimum absolute atomic E-state index is 0.666. The maximum Gasteiger partial charge on any atom is 0.194 e. The van der Waals surface area contributed by atoms with E-state index in [1.54, 1.807) is 0 Å². The van der Waals surface area contributed by atoms with Crippen LogP contribution in [0.5, 0.6) is 0 Å². The fourth-order valence-corrected chi connectivity index (χ4v) is 4.94. The first-order valence-corrected chi connectivity index (χ1v) is 11.4. The van der Waals surface area contributed by atoms with Crippen molar-refractivity contribution in [3.8, 4) is 22.3 Å². The molecule has 1 fully saturated rings. The number of morpholine rings is 1. The van der Waals surface area contributed by atoms with Gasteiger partial charge < -0.3 is 4.74 Å². The zero-order valence-electron chi connectivity index (χ0n) is 19.1. The molecular weight excluding hydrogens is 406 g/mol. The lowest BCUT2D eigenvalue weighted by Gasteiger charge is -2.26. The Labute approximate surface area is 195 Å². The predicted octanol–water partition coefficient (Wildman–Crippen LogP) is 6.57. The number of aryl methyl sites for hydroxylation is 2. The fraction of sp³-hybridized carbons (Fsp3) is 0.241. The van der Waals surface area contributed by atoms with E-state index in [1.165, 1.54) is 27.8 Å². The Balaban J connectivity index is 1.58. The van der Waals surface area contributed by atoms with Crippen molar-refractivity contribution in [3.63, 3.8) is 0 Å². The number of aromatic nitrogens is 1. The van der Waals surface area contributed by atoms with Gasteiger partial charge in [-0.15, -0.1) is 0 Å². The molecule has 1 aromatic heterocycles. The molecule has 33 heavy (non-hydrogen) atoms. The van der Waals surface area contributed by atoms with Gasteiger partial charge in [0.05, 0.1) is 25.3 Å². The third-order valence-electron chi connectivity index (χ3n) is 6.55. The summed E-state index contributed by atoms with van der Waals surface area (Å²) in [5, 5.41) is 1.12. The van der Waals surface area contributed by atoms with Crippen LogP contribution in [-0.4, -0.2) is 36.2 Å². The van der Waals surface area contributed by atoms with Gasteiger partial charge in [0.15, 0.2) is 5.69 Å². The second kappa shape index (κ2) is 9.15. The molecule has 4 nitrogen and oxygen atoms in total. The molecule has 0 atom stereocenters. The molecule has 0 amide bonds. The molecule has 4 aromatic rings. The molecule has 0 radical (unpaired) electrons. The molecule has 3 aromatic carbocycles. The highest BCUT2D eigenvalue weighted by Crippen LogP contribution is 2.40. The van der Waals surface area contributed by atoms with Crippen LogP contribution in [-0.2, 0) is 11.3 Å². The molecule has 164 valence electrons. The summed E-state index contributed by atoms with van der Waals surface area (Å²) in [6.07, 6.45) is 1.84. The molecule has 5 rings (SSSR count). The molecule has 0 spiro atoms. The Kier molecular flexibility index (Phi) is 5.92. The number of fused-ring (bicyclic) bond motifs is 1. The Morgan fingerprint density at radius 2 is 1.73 bits per heavy atom. The summed E-state index contributed by atoms with van der Waals surface area (Å²) in [5.41, 5.74) is 9.85. The molecule has 0 unspecified atom stereocenters. The van der Waals surface area contributed by atoms with Gasteiger partial charge in [0.25, 0.3) is 0 Å². The molecule has 0 N–H and O–H groups in total. The van der Waals surface area contributed by atoms with E-state index in [1.807, 2.05) is 36.5 Å². The van der Waals surface area contributed by atoms with Gasteiger partial charge in [0.2, 0.25) is 0 Å². The average Bonchev–Trinajstić information content (AvgIpc) is 2.85. The molecular formula is C29H27N3O. The predicted molar refractivity (Wildman–Crippen MR) is 134 cm³/mol. The highest BCUT2D eigenvalue weighted by Gasteiger charge is 2.16. The van der Waals surface area contributed by atoms with E-state index in [4.69, 9.17) is 11.3 Å². The summed E-state index contributed by atoms with van der Waals surface area (Å²) in [6.45, 7) is 16.5. The number of pyridine rings is 1. The smallest absolute Gasteiger partial charge is 0.194 e. The number of nitrogens with zero attached hydrogens (tertiary/aromatic N) is 3. The van der Waals surface area contributed by atoms with Gasteiger partial charge in [-0.2, -0.15) is 0 Å². The highest BCUT2D eigenvalue weighted by molar-refractivity contribution is 6.03. The zero-order valence-corrected chi connectivity index (χ0v) is 19.1. The molecule has 1 aliphatic heterocycles. The van der Waals surface area contributed by atoms with E-state index in [2.05, 4.69) is 58.9 Å². The number of benzene rings is 3. The van der Waals surface area contributed by atoms with E-state index < -0.39 is 0 Å². The van der Waals surface area contributed by atoms with Gasteiger partial charge in [-0.25, -0.2) is 4.85 Å². The Hall–Kier alpha value is -3.52. The van der Waals surface area contributed by atoms with Gasteiger partial charge in [-0.3, -0.25) is 9.88 Å². The average molecular weight is 434 g/mol. The SMILES string of the molecule is [C-]#[N+]c1ccccc1-c1ccnc2cc(C)c(-c3ccc(CN4CCOCC4)cc3)c(C)c12. The van der Waals surface area contributed by atoms with Crippen LogP contribution in [0.25, 0.3) is 38.0 Å². The largest absolute Gasteiger partial charge is 0.379 e. The van der Waals surface area contributed by atoms with E-state index in [0.29, 0.717) is 5.69 Å². The van der Waals surface area contributed by atoms with E-state index in [-0.39, 0.29) is 0 Å². The first-order valence-electron chi connectivity index (χ1n) is 11.4. The topological polar surface area (TPSA) is 29.7 Å². The van der Waals surface area contributed by atoms with E-state index in [0.717, 1.165) is 54.9 Å². The monoisotopic (exact) mass is 433 g/mol. The number of ether oxygens (including phenoxy) is 1. The number of para-hydroxylation sites is 1. The zero-order chi connectivity index (χ0) is 22.8. The van der Waals surface area contributed by atoms with Crippen molar-refractivity contribution in [3.05, 3.63) is 95.0 Å². The summed E-state index contributed by atoms with van der Waals surface area (Å²) in [7, 11) is 0. The normalized spacial score (nSPS) is 14.3. The van der Waals surface area contributed by atoms with E-state index in [9.17, 15) is 0 Å². The van der Waals surface area contributed by atoms with Crippen LogP contribution in [0.4, 0.5) is 5.69 Å². The minimum atomic E-state index is 0.666. The van der Waals surface area contributed by atoms with Gasteiger partial charge in [-0.05, 0) is 64.9 Å². The van der Waals surface area contributed by atoms with Crippen molar-refractivity contribution in [1.82, 2.24) is 9.88 Å². The Morgan fingerprint density at radius 3 is 2.48 bits per heavy atom. The molecule has 1 saturated heterocycles. The minimum Gasteiger partial charge on any atom is -0.379 e. The molecule has 1 aliphatic rings. The first-order chi connectivity index (χ1) is 16.2. The second-order valence-corrected chi connectivity index (χ2v) is 8.66. The summed E-state index contributed by atoms with van der Waals surface area (Å²) in [6, 6.07) is 21.0. The first kappa shape index (κ1) is 21.3. The lowest BCUT2D eigenvalue weighted by molar-refractivity contribution is 0.0342. The summed E-state index contributed by atoms with van der Waals surface area (Å²) in [4.78, 5) is 10.9. The van der Waals surface area contributed by atoms with Crippen LogP contribution < -0.4 is 0 Å². The van der Waals surface area contributed by atoms with Gasteiger partial charge in [0.1, 0.15) is 0 Å². The number of hydrogen-bond acceptors (Lipinski definition) is 3. The van der Waals surface area contributed by atoms with Crippen molar-refractivity contribution in [2.45, 2.75) is 20.4 Å². The molecule has 0 saturated carbocycles. The molecule has 0 bridgehead atoms. The van der Waals surface area contributed by atoms with Crippen molar-refractivity contribution in [1.29, 1.82) is 0 Å². The maximum atomic E-state index is 7.62. The Bertz CT molecular complexity index is 1350. The lowest BCUT2D eigenvalue weighted by Crippen LogP contribution is -2.35. The van der Waals surface area contributed by atoms with Crippen LogP contribution >= 0.6 is 0 Å². The number of hydrogen-bond donors (Lipinski definition) is 0. The van der Waals surface area contributed by atoms with Crippen LogP contribution in [0.15, 0.2) is 66.9 Å². The third-order valence-corrected chi connectivity index (χ3v) is 6.55. The fourth-order valence-electron chi connectivity index (χ4n) is 4.94. The summed E-state index contributed by atoms with van der Waals surface area (Å²) in [5.74, 6) is 0. The second-order valence-electron chi connectivity index (χ2n) is 8.66. The van der Waals surface area contributed by atoms with Crippen molar-refractivity contribution in [2.24, 2.45) is 0 Å². The van der Waals surface area contributed by atoms with Crippen LogP contribution in [0.2, 0.25) is 0 Å². The molecule has 0 aliphatic carbocycles. The lowest BCUT2D eigenvalue weighted by atomic mass is 9.88. The van der Waals surface area contributed by atoms with Crippen LogP contribution in [0.3, 0.4) is 0 Å². The van der Waals surface area contributed by atoms with Crippen molar-refractivity contribution < 1.29 is 4.74 Å². The molecule has 4 heteroatoms. The maximum absolute atomic E-state index is 7.62. The van der Waals surface area contributed by atoms with Crippen molar-refractivity contribution in [2.75, 3.05) is 26.3 Å². The van der Waals surface area contributed by atoms with Gasteiger partial charge >= 0.3 is 0 Å². The van der Waals surface area contributed by atoms with Gasteiger partial charge in [-0.1, -0.05) is 48.5 Å². The quantitative estimate of drug-likeness (QED) is 0.341. The highest BCUT2D eigenvalue weighted by atomic mass is 16.5. The number of rotatable bonds is 4. The summed E-state index contributed by atoms with van der Waals surface area (Å²) < 4.78 is 5.47. The standard InChI is InChI=1S/C29H27N3O/c1-20-18-27-29(25(12-13-31-27)24-6-4-5-7-26(24)30-3)21(2)28(20)23-10-8-22(9-11-23)19-32-14-16-33-17-15-32/h4-13,18H,14-17,19H2,1-2H3. The van der Waals surface area contributed by atoms with E-state index >= 15 is 0 Å². The summed E-state index contributed by atoms with van der Waals surface area (Å²) >= 11 is 0. The third kappa shape index (κ3) is 4.14. The van der Waals surface area contributed by atoms with Crippen molar-refractivity contribution >= 4 is 16.6 Å². The Morgan fingerprint density at radius 1 is 0.970 bits per heavy atom. The van der Waals surface area contributed by atoms with Crippen LogP contribution in [0, 0.1) is 20.4 Å². The molecule has 2 heterocycles. The van der Waals surface area contributed by atoms with Gasteiger partial charge in [0, 0.05) is 31.2 Å².